The minimum absolute atomic E-state index is 0.0329. The predicted octanol–water partition coefficient (Wildman–Crippen LogP) is 3.89. The summed E-state index contributed by atoms with van der Waals surface area (Å²) in [5.74, 6) is 1.01. The van der Waals surface area contributed by atoms with Gasteiger partial charge in [-0.2, -0.15) is 0 Å². The third-order valence-corrected chi connectivity index (χ3v) is 4.06. The van der Waals surface area contributed by atoms with E-state index in [-0.39, 0.29) is 5.69 Å². The van der Waals surface area contributed by atoms with Crippen LogP contribution in [0.2, 0.25) is 0 Å². The van der Waals surface area contributed by atoms with Crippen LogP contribution in [0.3, 0.4) is 0 Å². The summed E-state index contributed by atoms with van der Waals surface area (Å²) in [5.41, 5.74) is 0.755. The van der Waals surface area contributed by atoms with Crippen LogP contribution in [0.5, 0.6) is 11.5 Å². The van der Waals surface area contributed by atoms with Crippen LogP contribution in [0.1, 0.15) is 6.92 Å². The van der Waals surface area contributed by atoms with E-state index in [0.29, 0.717) is 40.4 Å². The van der Waals surface area contributed by atoms with Crippen LogP contribution in [-0.2, 0) is 0 Å². The van der Waals surface area contributed by atoms with E-state index in [4.69, 9.17) is 13.9 Å². The number of hydrogen-bond acceptors (Lipinski definition) is 6. The van der Waals surface area contributed by atoms with Crippen LogP contribution < -0.4 is 31.0 Å². The predicted molar refractivity (Wildman–Crippen MR) is 109 cm³/mol. The second-order valence-corrected chi connectivity index (χ2v) is 5.81. The highest BCUT2D eigenvalue weighted by molar-refractivity contribution is 6.06. The van der Waals surface area contributed by atoms with Crippen molar-refractivity contribution >= 4 is 34.1 Å². The number of anilines is 3. The first-order valence-corrected chi connectivity index (χ1v) is 8.67. The lowest BCUT2D eigenvalue weighted by atomic mass is 10.2. The molecule has 0 fully saturated rings. The molecule has 28 heavy (non-hydrogen) atoms. The van der Waals surface area contributed by atoms with Gasteiger partial charge in [-0.1, -0.05) is 12.1 Å². The van der Waals surface area contributed by atoms with Crippen LogP contribution >= 0.6 is 0 Å². The van der Waals surface area contributed by atoms with Gasteiger partial charge in [0, 0.05) is 18.0 Å². The second kappa shape index (κ2) is 8.34. The fourth-order valence-corrected chi connectivity index (χ4v) is 2.79. The van der Waals surface area contributed by atoms with Gasteiger partial charge in [-0.3, -0.25) is 5.32 Å². The quantitative estimate of drug-likeness (QED) is 0.558. The molecule has 1 heterocycles. The largest absolute Gasteiger partial charge is 0.497 e. The minimum atomic E-state index is -0.647. The Bertz CT molecular complexity index is 1060. The summed E-state index contributed by atoms with van der Waals surface area (Å²) in [6.45, 7) is 2.46. The highest BCUT2D eigenvalue weighted by Gasteiger charge is 2.17. The Labute approximate surface area is 161 Å². The maximum Gasteiger partial charge on any atom is 0.362 e. The Kier molecular flexibility index (Phi) is 5.69. The molecule has 0 radical (unpaired) electrons. The van der Waals surface area contributed by atoms with Crippen LogP contribution in [0, 0.1) is 0 Å². The van der Waals surface area contributed by atoms with Crippen LogP contribution in [-0.4, -0.2) is 26.8 Å². The van der Waals surface area contributed by atoms with Gasteiger partial charge < -0.3 is 24.5 Å². The summed E-state index contributed by atoms with van der Waals surface area (Å²) in [5, 5.41) is 9.06. The number of carbonyl (C=O) groups excluding carboxylic acids is 1. The maximum absolute atomic E-state index is 12.5. The molecule has 0 unspecified atom stereocenters. The van der Waals surface area contributed by atoms with Crippen molar-refractivity contribution in [2.45, 2.75) is 6.92 Å². The van der Waals surface area contributed by atoms with Crippen molar-refractivity contribution in [2.75, 3.05) is 36.7 Å². The molecule has 3 aromatic rings. The first-order chi connectivity index (χ1) is 13.6. The number of ether oxygens (including phenoxy) is 2. The number of benzene rings is 2. The van der Waals surface area contributed by atoms with Crippen molar-refractivity contribution in [2.24, 2.45) is 0 Å². The lowest BCUT2D eigenvalue weighted by Gasteiger charge is -2.15. The molecule has 8 nitrogen and oxygen atoms in total. The SMILES string of the molecule is CCNc1c(NC(=O)Nc2ccc(OC)cc2OC)c(=O)oc2ccccc12. The Morgan fingerprint density at radius 2 is 1.82 bits per heavy atom. The lowest BCUT2D eigenvalue weighted by Crippen LogP contribution is -2.24. The maximum atomic E-state index is 12.5. The molecule has 0 spiro atoms. The summed E-state index contributed by atoms with van der Waals surface area (Å²) in [7, 11) is 3.02. The van der Waals surface area contributed by atoms with Gasteiger partial charge in [0.15, 0.2) is 5.69 Å². The average molecular weight is 383 g/mol. The van der Waals surface area contributed by atoms with Crippen molar-refractivity contribution in [1.82, 2.24) is 0 Å². The van der Waals surface area contributed by atoms with Crippen molar-refractivity contribution < 1.29 is 18.7 Å². The van der Waals surface area contributed by atoms with Gasteiger partial charge in [-0.15, -0.1) is 0 Å². The molecule has 0 saturated heterocycles. The first-order valence-electron chi connectivity index (χ1n) is 8.67. The standard InChI is InChI=1S/C20H21N3O5/c1-4-21-17-13-7-5-6-8-15(13)28-19(24)18(17)23-20(25)22-14-10-9-12(26-2)11-16(14)27-3/h5-11,21H,4H2,1-3H3,(H2,22,23,25). The molecule has 0 bridgehead atoms. The third-order valence-electron chi connectivity index (χ3n) is 4.06. The van der Waals surface area contributed by atoms with E-state index in [9.17, 15) is 9.59 Å². The number of nitrogens with one attached hydrogen (secondary N) is 3. The lowest BCUT2D eigenvalue weighted by molar-refractivity contribution is 0.262. The Morgan fingerprint density at radius 3 is 2.54 bits per heavy atom. The molecule has 1 aromatic heterocycles. The van der Waals surface area contributed by atoms with Crippen molar-refractivity contribution in [3.05, 3.63) is 52.9 Å². The van der Waals surface area contributed by atoms with Gasteiger partial charge in [0.2, 0.25) is 0 Å². The molecule has 2 amide bonds. The summed E-state index contributed by atoms with van der Waals surface area (Å²) in [4.78, 5) is 25.0. The van der Waals surface area contributed by atoms with Gasteiger partial charge in [0.05, 0.1) is 25.6 Å². The number of fused-ring (bicyclic) bond motifs is 1. The monoisotopic (exact) mass is 383 g/mol. The number of para-hydroxylation sites is 1. The molecule has 8 heteroatoms. The molecule has 2 aromatic carbocycles. The van der Waals surface area contributed by atoms with Gasteiger partial charge in [0.25, 0.3) is 0 Å². The van der Waals surface area contributed by atoms with Crippen LogP contribution in [0.4, 0.5) is 21.9 Å². The number of rotatable bonds is 6. The molecular weight excluding hydrogens is 362 g/mol. The highest BCUT2D eigenvalue weighted by atomic mass is 16.5. The van der Waals surface area contributed by atoms with Gasteiger partial charge in [-0.05, 0) is 31.2 Å². The summed E-state index contributed by atoms with van der Waals surface area (Å²) < 4.78 is 15.7. The number of methoxy groups -OCH3 is 2. The number of hydrogen-bond donors (Lipinski definition) is 3. The molecule has 0 aliphatic rings. The van der Waals surface area contributed by atoms with Crippen LogP contribution in [0.15, 0.2) is 51.7 Å². The molecule has 0 saturated carbocycles. The van der Waals surface area contributed by atoms with Gasteiger partial charge >= 0.3 is 11.7 Å². The zero-order chi connectivity index (χ0) is 20.1. The number of urea groups is 1. The molecule has 0 aliphatic heterocycles. The summed E-state index contributed by atoms with van der Waals surface area (Å²) >= 11 is 0. The molecule has 0 aliphatic carbocycles. The summed E-state index contributed by atoms with van der Waals surface area (Å²) in [6.07, 6.45) is 0. The summed E-state index contributed by atoms with van der Waals surface area (Å²) in [6, 6.07) is 11.5. The minimum Gasteiger partial charge on any atom is -0.497 e. The van der Waals surface area contributed by atoms with Crippen LogP contribution in [0.25, 0.3) is 11.0 Å². The van der Waals surface area contributed by atoms with Gasteiger partial charge in [0.1, 0.15) is 17.1 Å². The van der Waals surface area contributed by atoms with Crippen molar-refractivity contribution in [3.63, 3.8) is 0 Å². The number of amides is 2. The molecule has 0 atom stereocenters. The van der Waals surface area contributed by atoms with E-state index in [1.807, 2.05) is 19.1 Å². The first kappa shape index (κ1) is 19.1. The van der Waals surface area contributed by atoms with Crippen molar-refractivity contribution in [1.29, 1.82) is 0 Å². The van der Waals surface area contributed by atoms with E-state index in [2.05, 4.69) is 16.0 Å². The highest BCUT2D eigenvalue weighted by Crippen LogP contribution is 2.31. The Morgan fingerprint density at radius 1 is 1.04 bits per heavy atom. The topological polar surface area (TPSA) is 102 Å². The molecule has 3 rings (SSSR count). The van der Waals surface area contributed by atoms with E-state index in [1.54, 1.807) is 30.3 Å². The fourth-order valence-electron chi connectivity index (χ4n) is 2.79. The molecule has 3 N–H and O–H groups in total. The van der Waals surface area contributed by atoms with E-state index in [0.717, 1.165) is 0 Å². The zero-order valence-electron chi connectivity index (χ0n) is 15.8. The smallest absolute Gasteiger partial charge is 0.362 e. The van der Waals surface area contributed by atoms with Crippen molar-refractivity contribution in [3.8, 4) is 11.5 Å². The van der Waals surface area contributed by atoms with E-state index in [1.165, 1.54) is 14.2 Å². The Hall–Kier alpha value is -3.68. The Balaban J connectivity index is 1.92. The average Bonchev–Trinajstić information content (AvgIpc) is 2.70. The second-order valence-electron chi connectivity index (χ2n) is 5.81. The third kappa shape index (κ3) is 3.85. The normalized spacial score (nSPS) is 10.4. The zero-order valence-corrected chi connectivity index (χ0v) is 15.8. The van der Waals surface area contributed by atoms with Gasteiger partial charge in [-0.25, -0.2) is 9.59 Å². The fraction of sp³-hybridized carbons (Fsp3) is 0.200. The number of carbonyl (C=O) groups is 1. The molecule has 146 valence electrons. The molecular formula is C20H21N3O5. The van der Waals surface area contributed by atoms with E-state index >= 15 is 0 Å². The van der Waals surface area contributed by atoms with E-state index < -0.39 is 11.7 Å².